The number of hydrogen-bond donors (Lipinski definition) is 1. The third kappa shape index (κ3) is 7.34. The molecule has 0 aromatic heterocycles. The summed E-state index contributed by atoms with van der Waals surface area (Å²) in [4.78, 5) is 2.57. The minimum atomic E-state index is -0.00964. The zero-order valence-electron chi connectivity index (χ0n) is 12.8. The van der Waals surface area contributed by atoms with E-state index in [4.69, 9.17) is 4.74 Å². The molecule has 3 nitrogen and oxygen atoms in total. The summed E-state index contributed by atoms with van der Waals surface area (Å²) < 4.78 is 5.84. The molecule has 1 atom stereocenters. The number of hydrogen-bond acceptors (Lipinski definition) is 3. The van der Waals surface area contributed by atoms with Gasteiger partial charge in [0.05, 0.1) is 12.2 Å². The van der Waals surface area contributed by atoms with Crippen LogP contribution in [0.3, 0.4) is 0 Å². The van der Waals surface area contributed by atoms with Crippen LogP contribution in [-0.2, 0) is 4.74 Å². The van der Waals surface area contributed by atoms with Crippen LogP contribution < -0.4 is 5.32 Å². The van der Waals surface area contributed by atoms with Crippen molar-refractivity contribution in [3.8, 4) is 0 Å². The van der Waals surface area contributed by atoms with Gasteiger partial charge in [-0.25, -0.2) is 0 Å². The number of piperidine rings is 1. The molecule has 108 valence electrons. The van der Waals surface area contributed by atoms with Crippen molar-refractivity contribution in [1.82, 2.24) is 10.2 Å². The molecule has 18 heavy (non-hydrogen) atoms. The summed E-state index contributed by atoms with van der Waals surface area (Å²) in [6.07, 6.45) is 3.95. The molecule has 1 saturated heterocycles. The second-order valence-electron chi connectivity index (χ2n) is 6.47. The van der Waals surface area contributed by atoms with Gasteiger partial charge >= 0.3 is 0 Å². The first-order valence-electron chi connectivity index (χ1n) is 7.58. The topological polar surface area (TPSA) is 24.5 Å². The van der Waals surface area contributed by atoms with Gasteiger partial charge in [0.25, 0.3) is 0 Å². The van der Waals surface area contributed by atoms with Crippen molar-refractivity contribution in [1.29, 1.82) is 0 Å². The quantitative estimate of drug-likeness (QED) is 0.757. The molecule has 1 heterocycles. The molecule has 1 aliphatic rings. The molecule has 1 N–H and O–H groups in total. The van der Waals surface area contributed by atoms with Gasteiger partial charge in [-0.05, 0) is 65.6 Å². The Kier molecular flexibility index (Phi) is 7.20. The lowest BCUT2D eigenvalue weighted by Gasteiger charge is -2.30. The lowest BCUT2D eigenvalue weighted by molar-refractivity contribution is -0.0147. The van der Waals surface area contributed by atoms with Crippen LogP contribution in [0.1, 0.15) is 47.0 Å². The molecule has 0 aliphatic carbocycles. The van der Waals surface area contributed by atoms with Gasteiger partial charge in [-0.15, -0.1) is 0 Å². The molecule has 0 amide bonds. The Morgan fingerprint density at radius 3 is 2.61 bits per heavy atom. The van der Waals surface area contributed by atoms with Crippen LogP contribution in [0, 0.1) is 5.92 Å². The standard InChI is InChI=1S/C15H32N2O/c1-5-9-17(10-11-18-15(2,3)4)13-14-7-6-8-16-12-14/h14,16H,5-13H2,1-4H3. The fourth-order valence-electron chi connectivity index (χ4n) is 2.54. The average Bonchev–Trinajstić information content (AvgIpc) is 2.29. The summed E-state index contributed by atoms with van der Waals surface area (Å²) >= 11 is 0. The van der Waals surface area contributed by atoms with Crippen molar-refractivity contribution in [3.63, 3.8) is 0 Å². The van der Waals surface area contributed by atoms with Crippen LogP contribution in [0.5, 0.6) is 0 Å². The van der Waals surface area contributed by atoms with Crippen molar-refractivity contribution >= 4 is 0 Å². The molecule has 0 bridgehead atoms. The molecule has 0 spiro atoms. The normalized spacial score (nSPS) is 21.5. The van der Waals surface area contributed by atoms with Gasteiger partial charge in [-0.1, -0.05) is 6.92 Å². The minimum Gasteiger partial charge on any atom is -0.375 e. The minimum absolute atomic E-state index is 0.00964. The number of nitrogens with zero attached hydrogens (tertiary/aromatic N) is 1. The number of nitrogens with one attached hydrogen (secondary N) is 1. The number of rotatable bonds is 7. The first kappa shape index (κ1) is 15.9. The second kappa shape index (κ2) is 8.13. The highest BCUT2D eigenvalue weighted by Gasteiger charge is 2.17. The van der Waals surface area contributed by atoms with Crippen LogP contribution in [0.15, 0.2) is 0 Å². The summed E-state index contributed by atoms with van der Waals surface area (Å²) in [5, 5.41) is 3.50. The van der Waals surface area contributed by atoms with E-state index in [1.165, 1.54) is 45.4 Å². The maximum atomic E-state index is 5.84. The predicted octanol–water partition coefficient (Wildman–Crippen LogP) is 2.51. The largest absolute Gasteiger partial charge is 0.375 e. The average molecular weight is 256 g/mol. The molecular weight excluding hydrogens is 224 g/mol. The fraction of sp³-hybridized carbons (Fsp3) is 1.00. The maximum absolute atomic E-state index is 5.84. The molecule has 0 aromatic rings. The molecule has 3 heteroatoms. The molecule has 1 fully saturated rings. The second-order valence-corrected chi connectivity index (χ2v) is 6.47. The summed E-state index contributed by atoms with van der Waals surface area (Å²) in [5.41, 5.74) is -0.00964. The van der Waals surface area contributed by atoms with E-state index in [-0.39, 0.29) is 5.60 Å². The van der Waals surface area contributed by atoms with E-state index in [1.807, 2.05) is 0 Å². The summed E-state index contributed by atoms with van der Waals surface area (Å²) in [7, 11) is 0. The summed E-state index contributed by atoms with van der Waals surface area (Å²) in [6.45, 7) is 15.4. The van der Waals surface area contributed by atoms with Gasteiger partial charge in [-0.3, -0.25) is 0 Å². The Hall–Kier alpha value is -0.120. The SMILES string of the molecule is CCCN(CCOC(C)(C)C)CC1CCCNC1. The van der Waals surface area contributed by atoms with E-state index in [2.05, 4.69) is 37.9 Å². The van der Waals surface area contributed by atoms with E-state index >= 15 is 0 Å². The van der Waals surface area contributed by atoms with E-state index in [0.717, 1.165) is 19.1 Å². The van der Waals surface area contributed by atoms with Crippen molar-refractivity contribution < 1.29 is 4.74 Å². The van der Waals surface area contributed by atoms with E-state index < -0.39 is 0 Å². The van der Waals surface area contributed by atoms with E-state index in [1.54, 1.807) is 0 Å². The van der Waals surface area contributed by atoms with Gasteiger partial charge in [0.2, 0.25) is 0 Å². The lowest BCUT2D eigenvalue weighted by atomic mass is 9.99. The fourth-order valence-corrected chi connectivity index (χ4v) is 2.54. The van der Waals surface area contributed by atoms with Crippen molar-refractivity contribution in [2.75, 3.05) is 39.3 Å². The maximum Gasteiger partial charge on any atom is 0.0600 e. The zero-order chi connectivity index (χ0) is 13.4. The molecule has 0 saturated carbocycles. The highest BCUT2D eigenvalue weighted by molar-refractivity contribution is 4.73. The van der Waals surface area contributed by atoms with Crippen LogP contribution >= 0.6 is 0 Å². The van der Waals surface area contributed by atoms with Crippen LogP contribution in [0.25, 0.3) is 0 Å². The molecule has 1 unspecified atom stereocenters. The summed E-state index contributed by atoms with van der Waals surface area (Å²) in [5.74, 6) is 0.833. The Morgan fingerprint density at radius 2 is 2.06 bits per heavy atom. The Morgan fingerprint density at radius 1 is 1.28 bits per heavy atom. The molecule has 1 aliphatic heterocycles. The first-order chi connectivity index (χ1) is 8.51. The van der Waals surface area contributed by atoms with Crippen molar-refractivity contribution in [3.05, 3.63) is 0 Å². The van der Waals surface area contributed by atoms with Crippen molar-refractivity contribution in [2.45, 2.75) is 52.6 Å². The van der Waals surface area contributed by atoms with Gasteiger partial charge < -0.3 is 15.0 Å². The highest BCUT2D eigenvalue weighted by Crippen LogP contribution is 2.12. The first-order valence-corrected chi connectivity index (χ1v) is 7.58. The van der Waals surface area contributed by atoms with Crippen LogP contribution in [-0.4, -0.2) is 49.8 Å². The smallest absolute Gasteiger partial charge is 0.0600 e. The summed E-state index contributed by atoms with van der Waals surface area (Å²) in [6, 6.07) is 0. The Balaban J connectivity index is 2.25. The van der Waals surface area contributed by atoms with Gasteiger partial charge in [-0.2, -0.15) is 0 Å². The predicted molar refractivity (Wildman–Crippen MR) is 78.0 cm³/mol. The molecule has 1 rings (SSSR count). The van der Waals surface area contributed by atoms with E-state index in [0.29, 0.717) is 0 Å². The molecule has 0 radical (unpaired) electrons. The Bertz CT molecular complexity index is 207. The van der Waals surface area contributed by atoms with Crippen LogP contribution in [0.2, 0.25) is 0 Å². The van der Waals surface area contributed by atoms with Gasteiger partial charge in [0, 0.05) is 13.1 Å². The van der Waals surface area contributed by atoms with Crippen molar-refractivity contribution in [2.24, 2.45) is 5.92 Å². The van der Waals surface area contributed by atoms with Gasteiger partial charge in [0.1, 0.15) is 0 Å². The lowest BCUT2D eigenvalue weighted by Crippen LogP contribution is -2.40. The Labute approximate surface area is 113 Å². The van der Waals surface area contributed by atoms with Crippen LogP contribution in [0.4, 0.5) is 0 Å². The third-order valence-electron chi connectivity index (χ3n) is 3.40. The van der Waals surface area contributed by atoms with Gasteiger partial charge in [0.15, 0.2) is 0 Å². The molecule has 0 aromatic carbocycles. The van der Waals surface area contributed by atoms with E-state index in [9.17, 15) is 0 Å². The third-order valence-corrected chi connectivity index (χ3v) is 3.40. The number of ether oxygens (including phenoxy) is 1. The highest BCUT2D eigenvalue weighted by atomic mass is 16.5. The monoisotopic (exact) mass is 256 g/mol. The zero-order valence-corrected chi connectivity index (χ0v) is 12.8. The molecular formula is C15H32N2O.